The lowest BCUT2D eigenvalue weighted by atomic mass is 10.0. The van der Waals surface area contributed by atoms with Gasteiger partial charge in [-0.05, 0) is 31.9 Å². The van der Waals surface area contributed by atoms with Crippen LogP contribution in [0.3, 0.4) is 0 Å². The van der Waals surface area contributed by atoms with E-state index in [1.54, 1.807) is 0 Å². The fraction of sp³-hybridized carbons (Fsp3) is 0.467. The van der Waals surface area contributed by atoms with Crippen molar-refractivity contribution in [3.63, 3.8) is 0 Å². The highest BCUT2D eigenvalue weighted by atomic mass is 15.2. The van der Waals surface area contributed by atoms with Crippen molar-refractivity contribution in [2.24, 2.45) is 5.92 Å². The highest BCUT2D eigenvalue weighted by Gasteiger charge is 2.10. The second-order valence-electron chi connectivity index (χ2n) is 5.14. The maximum atomic E-state index is 4.36. The zero-order chi connectivity index (χ0) is 13.8. The Labute approximate surface area is 114 Å². The van der Waals surface area contributed by atoms with Gasteiger partial charge in [0.1, 0.15) is 5.82 Å². The number of aromatic nitrogens is 3. The molecule has 0 spiro atoms. The first-order chi connectivity index (χ1) is 9.10. The molecule has 0 amide bonds. The van der Waals surface area contributed by atoms with Crippen LogP contribution in [-0.2, 0) is 0 Å². The number of hydrogen-bond acceptors (Lipinski definition) is 3. The van der Waals surface area contributed by atoms with E-state index in [9.17, 15) is 0 Å². The molecule has 4 heteroatoms. The smallest absolute Gasteiger partial charge is 0.181 e. The van der Waals surface area contributed by atoms with Gasteiger partial charge in [-0.2, -0.15) is 5.10 Å². The van der Waals surface area contributed by atoms with Gasteiger partial charge in [-0.25, -0.2) is 4.98 Å². The number of nitrogens with one attached hydrogen (secondary N) is 2. The molecule has 2 aromatic rings. The van der Waals surface area contributed by atoms with E-state index in [1.165, 1.54) is 6.42 Å². The van der Waals surface area contributed by atoms with E-state index in [4.69, 9.17) is 0 Å². The summed E-state index contributed by atoms with van der Waals surface area (Å²) in [6.07, 6.45) is 1.17. The largest absolute Gasteiger partial charge is 0.382 e. The number of rotatable bonds is 5. The van der Waals surface area contributed by atoms with Crippen LogP contribution in [0.4, 0.5) is 5.69 Å². The minimum atomic E-state index is 0.453. The Bertz CT molecular complexity index is 532. The maximum Gasteiger partial charge on any atom is 0.181 e. The number of benzene rings is 1. The number of anilines is 1. The number of nitrogens with zero attached hydrogens (tertiary/aromatic N) is 2. The first-order valence-corrected chi connectivity index (χ1v) is 6.86. The highest BCUT2D eigenvalue weighted by Crippen LogP contribution is 2.21. The van der Waals surface area contributed by atoms with E-state index in [0.717, 1.165) is 22.9 Å². The van der Waals surface area contributed by atoms with Crippen LogP contribution in [0.25, 0.3) is 11.4 Å². The topological polar surface area (TPSA) is 53.6 Å². The van der Waals surface area contributed by atoms with E-state index < -0.39 is 0 Å². The standard InChI is InChI=1S/C15H22N4/c1-5-10(2)11(3)16-14-8-6-7-13(9-14)15-17-12(4)18-19-15/h6-11,16H,5H2,1-4H3,(H,17,18,19). The molecule has 0 bridgehead atoms. The minimum Gasteiger partial charge on any atom is -0.382 e. The lowest BCUT2D eigenvalue weighted by Gasteiger charge is -2.21. The predicted molar refractivity (Wildman–Crippen MR) is 79.1 cm³/mol. The van der Waals surface area contributed by atoms with Gasteiger partial charge >= 0.3 is 0 Å². The summed E-state index contributed by atoms with van der Waals surface area (Å²) < 4.78 is 0. The normalized spacial score (nSPS) is 14.1. The van der Waals surface area contributed by atoms with E-state index in [0.29, 0.717) is 12.0 Å². The fourth-order valence-corrected chi connectivity index (χ4v) is 1.98. The maximum absolute atomic E-state index is 4.36. The van der Waals surface area contributed by atoms with Crippen molar-refractivity contribution in [1.82, 2.24) is 15.2 Å². The molecule has 0 saturated carbocycles. The molecule has 1 aromatic carbocycles. The van der Waals surface area contributed by atoms with Gasteiger partial charge in [0.05, 0.1) is 0 Å². The van der Waals surface area contributed by atoms with Crippen LogP contribution in [0, 0.1) is 12.8 Å². The van der Waals surface area contributed by atoms with Crippen molar-refractivity contribution in [3.8, 4) is 11.4 Å². The third kappa shape index (κ3) is 3.34. The van der Waals surface area contributed by atoms with E-state index >= 15 is 0 Å². The fourth-order valence-electron chi connectivity index (χ4n) is 1.98. The summed E-state index contributed by atoms with van der Waals surface area (Å²) in [6, 6.07) is 8.70. The van der Waals surface area contributed by atoms with Crippen LogP contribution < -0.4 is 5.32 Å². The molecular formula is C15H22N4. The Kier molecular flexibility index (Phi) is 4.20. The predicted octanol–water partition coefficient (Wildman–Crippen LogP) is 3.63. The number of H-pyrrole nitrogens is 1. The van der Waals surface area contributed by atoms with Gasteiger partial charge in [0.15, 0.2) is 5.82 Å². The monoisotopic (exact) mass is 258 g/mol. The first kappa shape index (κ1) is 13.6. The van der Waals surface area contributed by atoms with Gasteiger partial charge in [0.2, 0.25) is 0 Å². The second-order valence-corrected chi connectivity index (χ2v) is 5.14. The molecule has 2 atom stereocenters. The summed E-state index contributed by atoms with van der Waals surface area (Å²) in [6.45, 7) is 8.61. The van der Waals surface area contributed by atoms with Crippen molar-refractivity contribution in [3.05, 3.63) is 30.1 Å². The molecule has 0 fully saturated rings. The van der Waals surface area contributed by atoms with Gasteiger partial charge < -0.3 is 5.32 Å². The zero-order valence-corrected chi connectivity index (χ0v) is 12.1. The van der Waals surface area contributed by atoms with Crippen molar-refractivity contribution >= 4 is 5.69 Å². The third-order valence-electron chi connectivity index (χ3n) is 3.61. The van der Waals surface area contributed by atoms with Crippen molar-refractivity contribution in [1.29, 1.82) is 0 Å². The molecule has 2 unspecified atom stereocenters. The minimum absolute atomic E-state index is 0.453. The quantitative estimate of drug-likeness (QED) is 0.861. The molecule has 1 aromatic heterocycles. The van der Waals surface area contributed by atoms with Crippen molar-refractivity contribution in [2.75, 3.05) is 5.32 Å². The summed E-state index contributed by atoms with van der Waals surface area (Å²) >= 11 is 0. The van der Waals surface area contributed by atoms with E-state index in [1.807, 2.05) is 19.1 Å². The zero-order valence-electron chi connectivity index (χ0n) is 12.1. The molecule has 102 valence electrons. The highest BCUT2D eigenvalue weighted by molar-refractivity contribution is 5.62. The van der Waals surface area contributed by atoms with Crippen molar-refractivity contribution < 1.29 is 0 Å². The molecule has 0 radical (unpaired) electrons. The molecule has 19 heavy (non-hydrogen) atoms. The average molecular weight is 258 g/mol. The first-order valence-electron chi connectivity index (χ1n) is 6.86. The van der Waals surface area contributed by atoms with Crippen LogP contribution in [0.1, 0.15) is 33.0 Å². The summed E-state index contributed by atoms with van der Waals surface area (Å²) in [4.78, 5) is 4.36. The third-order valence-corrected chi connectivity index (χ3v) is 3.61. The Balaban J connectivity index is 2.15. The van der Waals surface area contributed by atoms with Crippen LogP contribution >= 0.6 is 0 Å². The molecular weight excluding hydrogens is 236 g/mol. The summed E-state index contributed by atoms with van der Waals surface area (Å²) in [7, 11) is 0. The van der Waals surface area contributed by atoms with Gasteiger partial charge in [-0.15, -0.1) is 0 Å². The molecule has 0 aliphatic carbocycles. The van der Waals surface area contributed by atoms with E-state index in [-0.39, 0.29) is 0 Å². The SMILES string of the molecule is CCC(C)C(C)Nc1cccc(-c2n[nH]c(C)n2)c1. The van der Waals surface area contributed by atoms with Crippen LogP contribution in [0.2, 0.25) is 0 Å². The summed E-state index contributed by atoms with van der Waals surface area (Å²) in [5, 5.41) is 10.6. The molecule has 0 saturated heterocycles. The Morgan fingerprint density at radius 3 is 2.74 bits per heavy atom. The number of aromatic amines is 1. The molecule has 2 rings (SSSR count). The average Bonchev–Trinajstić information content (AvgIpc) is 2.84. The van der Waals surface area contributed by atoms with Gasteiger partial charge in [0.25, 0.3) is 0 Å². The molecule has 4 nitrogen and oxygen atoms in total. The summed E-state index contributed by atoms with van der Waals surface area (Å²) in [5.41, 5.74) is 2.15. The van der Waals surface area contributed by atoms with Crippen molar-refractivity contribution in [2.45, 2.75) is 40.2 Å². The van der Waals surface area contributed by atoms with Crippen LogP contribution in [0.5, 0.6) is 0 Å². The lowest BCUT2D eigenvalue weighted by Crippen LogP contribution is -2.23. The van der Waals surface area contributed by atoms with Gasteiger partial charge in [-0.1, -0.05) is 32.4 Å². The number of hydrogen-bond donors (Lipinski definition) is 2. The number of aryl methyl sites for hydroxylation is 1. The molecule has 0 aliphatic heterocycles. The van der Waals surface area contributed by atoms with E-state index in [2.05, 4.69) is 53.4 Å². The Hall–Kier alpha value is -1.84. The van der Waals surface area contributed by atoms with Gasteiger partial charge in [-0.3, -0.25) is 5.10 Å². The molecule has 1 heterocycles. The lowest BCUT2D eigenvalue weighted by molar-refractivity contribution is 0.495. The second kappa shape index (κ2) is 5.87. The van der Waals surface area contributed by atoms with Gasteiger partial charge in [0, 0.05) is 17.3 Å². The summed E-state index contributed by atoms with van der Waals surface area (Å²) in [5.74, 6) is 2.23. The van der Waals surface area contributed by atoms with Crippen LogP contribution in [-0.4, -0.2) is 21.2 Å². The molecule has 0 aliphatic rings. The Morgan fingerprint density at radius 1 is 1.32 bits per heavy atom. The molecule has 2 N–H and O–H groups in total. The Morgan fingerprint density at radius 2 is 2.11 bits per heavy atom. The van der Waals surface area contributed by atoms with Crippen LogP contribution in [0.15, 0.2) is 24.3 Å².